The number of aliphatic carboxylic acids is 2. The molecular weight excluding hydrogens is 606 g/mol. The van der Waals surface area contributed by atoms with Crippen molar-refractivity contribution in [2.24, 2.45) is 22.5 Å². The van der Waals surface area contributed by atoms with Crippen molar-refractivity contribution in [3.05, 3.63) is 29.8 Å². The predicted molar refractivity (Wildman–Crippen MR) is 177 cm³/mol. The molecule has 1 saturated carbocycles. The standard InChI is InChI=1S/C34H53N5O8/c1-33(2,21-34(3,4)32(46)47)31(45)39-26(30(43)44)12-8-13-27(40)38-25(28(35)41)11-5-6-19-37-29(42)23-14-16-24(17-15-23)36-20-18-22-9-7-10-22/h14-17,22,25-26,36H,5-13,18-21H2,1-4H3,(H2,35,41)(H,37,42)(H,38,40)(H,39,45)(H,43,44)(H,46,47). The molecule has 1 aliphatic carbocycles. The highest BCUT2D eigenvalue weighted by atomic mass is 16.4. The minimum atomic E-state index is -1.28. The van der Waals surface area contributed by atoms with E-state index >= 15 is 0 Å². The molecule has 1 fully saturated rings. The first kappa shape index (κ1) is 39.0. The number of unbranched alkanes of at least 4 members (excludes halogenated alkanes) is 1. The average molecular weight is 660 g/mol. The number of carboxylic acids is 2. The Morgan fingerprint density at radius 2 is 1.49 bits per heavy atom. The van der Waals surface area contributed by atoms with Crippen LogP contribution in [0.25, 0.3) is 0 Å². The maximum atomic E-state index is 12.8. The molecule has 1 aromatic carbocycles. The Morgan fingerprint density at radius 1 is 0.851 bits per heavy atom. The van der Waals surface area contributed by atoms with Gasteiger partial charge < -0.3 is 37.2 Å². The number of hydrogen-bond acceptors (Lipinski definition) is 7. The normalized spacial score (nSPS) is 14.6. The van der Waals surface area contributed by atoms with Gasteiger partial charge in [-0.3, -0.25) is 24.0 Å². The van der Waals surface area contributed by atoms with Gasteiger partial charge >= 0.3 is 11.9 Å². The minimum Gasteiger partial charge on any atom is -0.481 e. The number of primary amides is 1. The highest BCUT2D eigenvalue weighted by Gasteiger charge is 2.40. The number of carboxylic acid groups (broad SMARTS) is 2. The van der Waals surface area contributed by atoms with Crippen molar-refractivity contribution < 1.29 is 39.0 Å². The summed E-state index contributed by atoms with van der Waals surface area (Å²) in [6, 6.07) is 5.13. The van der Waals surface area contributed by atoms with Gasteiger partial charge in [0.05, 0.1) is 5.41 Å². The van der Waals surface area contributed by atoms with E-state index in [0.717, 1.165) is 24.6 Å². The van der Waals surface area contributed by atoms with Gasteiger partial charge in [-0.15, -0.1) is 0 Å². The second-order valence-electron chi connectivity index (χ2n) is 13.9. The van der Waals surface area contributed by atoms with Gasteiger partial charge in [0, 0.05) is 36.2 Å². The molecule has 8 N–H and O–H groups in total. The van der Waals surface area contributed by atoms with E-state index in [1.165, 1.54) is 33.1 Å². The number of nitrogens with two attached hydrogens (primary N) is 1. The second kappa shape index (κ2) is 18.2. The number of hydrogen-bond donors (Lipinski definition) is 7. The molecule has 13 nitrogen and oxygen atoms in total. The lowest BCUT2D eigenvalue weighted by Gasteiger charge is -2.32. The summed E-state index contributed by atoms with van der Waals surface area (Å²) in [5.74, 6) is -3.51. The molecule has 0 heterocycles. The van der Waals surface area contributed by atoms with Crippen molar-refractivity contribution in [2.45, 2.75) is 110 Å². The lowest BCUT2D eigenvalue weighted by Crippen LogP contribution is -2.48. The minimum absolute atomic E-state index is 0.0111. The molecule has 0 radical (unpaired) electrons. The fourth-order valence-corrected chi connectivity index (χ4v) is 5.61. The zero-order chi connectivity index (χ0) is 35.2. The molecule has 2 rings (SSSR count). The van der Waals surface area contributed by atoms with E-state index in [2.05, 4.69) is 21.3 Å². The molecule has 262 valence electrons. The average Bonchev–Trinajstić information content (AvgIpc) is 2.96. The van der Waals surface area contributed by atoms with E-state index in [0.29, 0.717) is 24.9 Å². The number of carbonyl (C=O) groups is 6. The van der Waals surface area contributed by atoms with Crippen LogP contribution >= 0.6 is 0 Å². The van der Waals surface area contributed by atoms with Crippen molar-refractivity contribution in [1.82, 2.24) is 16.0 Å². The van der Waals surface area contributed by atoms with E-state index in [-0.39, 0.29) is 38.0 Å². The monoisotopic (exact) mass is 659 g/mol. The van der Waals surface area contributed by atoms with Gasteiger partial charge in [-0.25, -0.2) is 4.79 Å². The van der Waals surface area contributed by atoms with Crippen LogP contribution < -0.4 is 27.0 Å². The van der Waals surface area contributed by atoms with Gasteiger partial charge in [-0.05, 0) is 89.0 Å². The summed E-state index contributed by atoms with van der Waals surface area (Å²) in [6.45, 7) is 7.38. The molecule has 4 amide bonds. The maximum absolute atomic E-state index is 12.8. The van der Waals surface area contributed by atoms with Crippen LogP contribution in [-0.4, -0.2) is 71.0 Å². The molecule has 0 aliphatic heterocycles. The summed E-state index contributed by atoms with van der Waals surface area (Å²) in [6.07, 6.45) is 6.43. The first-order valence-corrected chi connectivity index (χ1v) is 16.5. The predicted octanol–water partition coefficient (Wildman–Crippen LogP) is 3.43. The first-order chi connectivity index (χ1) is 22.0. The van der Waals surface area contributed by atoms with E-state index in [1.54, 1.807) is 26.0 Å². The van der Waals surface area contributed by atoms with E-state index in [9.17, 15) is 39.0 Å². The summed E-state index contributed by atoms with van der Waals surface area (Å²) in [4.78, 5) is 73.0. The fourth-order valence-electron chi connectivity index (χ4n) is 5.61. The SMILES string of the molecule is CC(C)(CC(C)(C)C(=O)NC(CCCC(=O)NC(CCCCNC(=O)c1ccc(NCCC2CCC2)cc1)C(N)=O)C(=O)O)C(=O)O. The quantitative estimate of drug-likeness (QED) is 0.0906. The topological polar surface area (TPSA) is 217 Å². The fraction of sp³-hybridized carbons (Fsp3) is 0.647. The van der Waals surface area contributed by atoms with Crippen molar-refractivity contribution in [1.29, 1.82) is 0 Å². The van der Waals surface area contributed by atoms with E-state index in [4.69, 9.17) is 5.73 Å². The maximum Gasteiger partial charge on any atom is 0.326 e. The van der Waals surface area contributed by atoms with Crippen LogP contribution in [0.4, 0.5) is 5.69 Å². The van der Waals surface area contributed by atoms with Gasteiger partial charge in [0.25, 0.3) is 5.91 Å². The molecule has 2 atom stereocenters. The number of nitrogens with one attached hydrogen (secondary N) is 4. The number of rotatable bonds is 22. The first-order valence-electron chi connectivity index (χ1n) is 16.5. The molecular formula is C34H53N5O8. The van der Waals surface area contributed by atoms with Crippen LogP contribution in [-0.2, 0) is 24.0 Å². The molecule has 1 aromatic rings. The largest absolute Gasteiger partial charge is 0.481 e. The van der Waals surface area contributed by atoms with Crippen LogP contribution in [0.1, 0.15) is 109 Å². The zero-order valence-electron chi connectivity index (χ0n) is 28.2. The lowest BCUT2D eigenvalue weighted by atomic mass is 9.74. The number of amides is 4. The van der Waals surface area contributed by atoms with Crippen LogP contribution in [0.3, 0.4) is 0 Å². The Labute approximate surface area is 277 Å². The third-order valence-corrected chi connectivity index (χ3v) is 8.71. The van der Waals surface area contributed by atoms with Crippen molar-refractivity contribution in [3.8, 4) is 0 Å². The van der Waals surface area contributed by atoms with Crippen LogP contribution in [0, 0.1) is 16.7 Å². The van der Waals surface area contributed by atoms with Gasteiger partial charge in [0.15, 0.2) is 0 Å². The highest BCUT2D eigenvalue weighted by Crippen LogP contribution is 2.34. The Balaban J connectivity index is 1.70. The molecule has 1 aliphatic rings. The van der Waals surface area contributed by atoms with Gasteiger partial charge in [-0.2, -0.15) is 0 Å². The van der Waals surface area contributed by atoms with Crippen LogP contribution in [0.2, 0.25) is 0 Å². The molecule has 0 bridgehead atoms. The number of carbonyl (C=O) groups excluding carboxylic acids is 4. The van der Waals surface area contributed by atoms with Crippen molar-refractivity contribution in [3.63, 3.8) is 0 Å². The number of anilines is 1. The molecule has 2 unspecified atom stereocenters. The Bertz CT molecular complexity index is 1240. The second-order valence-corrected chi connectivity index (χ2v) is 13.9. The van der Waals surface area contributed by atoms with Crippen LogP contribution in [0.5, 0.6) is 0 Å². The smallest absolute Gasteiger partial charge is 0.326 e. The molecule has 47 heavy (non-hydrogen) atoms. The summed E-state index contributed by atoms with van der Waals surface area (Å²) in [5.41, 5.74) is 4.66. The van der Waals surface area contributed by atoms with E-state index < -0.39 is 52.6 Å². The van der Waals surface area contributed by atoms with E-state index in [1.807, 2.05) is 12.1 Å². The highest BCUT2D eigenvalue weighted by molar-refractivity contribution is 5.94. The van der Waals surface area contributed by atoms with Crippen molar-refractivity contribution in [2.75, 3.05) is 18.4 Å². The summed E-state index contributed by atoms with van der Waals surface area (Å²) < 4.78 is 0. The summed E-state index contributed by atoms with van der Waals surface area (Å²) in [5, 5.41) is 30.3. The van der Waals surface area contributed by atoms with Gasteiger partial charge in [0.2, 0.25) is 17.7 Å². The summed E-state index contributed by atoms with van der Waals surface area (Å²) in [7, 11) is 0. The van der Waals surface area contributed by atoms with Crippen LogP contribution in [0.15, 0.2) is 24.3 Å². The zero-order valence-corrected chi connectivity index (χ0v) is 28.2. The third-order valence-electron chi connectivity index (χ3n) is 8.71. The lowest BCUT2D eigenvalue weighted by molar-refractivity contribution is -0.151. The van der Waals surface area contributed by atoms with Crippen molar-refractivity contribution >= 4 is 41.3 Å². The molecule has 13 heteroatoms. The molecule has 0 spiro atoms. The Morgan fingerprint density at radius 3 is 2.04 bits per heavy atom. The van der Waals surface area contributed by atoms with Gasteiger partial charge in [-0.1, -0.05) is 33.1 Å². The third kappa shape index (κ3) is 13.6. The molecule has 0 aromatic heterocycles. The molecule has 0 saturated heterocycles. The Hall–Kier alpha value is -4.16. The Kier molecular flexibility index (Phi) is 15.2. The number of benzene rings is 1. The van der Waals surface area contributed by atoms with Gasteiger partial charge in [0.1, 0.15) is 12.1 Å². The summed E-state index contributed by atoms with van der Waals surface area (Å²) >= 11 is 0.